The van der Waals surface area contributed by atoms with Gasteiger partial charge in [-0.3, -0.25) is 0 Å². The third kappa shape index (κ3) is 0.547. The Kier molecular flexibility index (Phi) is 1.19. The van der Waals surface area contributed by atoms with E-state index < -0.39 is 23.5 Å². The molecule has 9 fully saturated rings. The maximum absolute atomic E-state index is 6.40. The molecule has 0 N–H and O–H groups in total. The first-order chi connectivity index (χ1) is 9.67. The molecule has 11 atom stereocenters. The summed E-state index contributed by atoms with van der Waals surface area (Å²) in [5.74, 6) is 1.43. The molecule has 4 aliphatic heterocycles. The number of fused-ring (bicyclic) bond motifs is 2. The van der Waals surface area contributed by atoms with Gasteiger partial charge in [-0.15, -0.1) is 8.37 Å². The van der Waals surface area contributed by atoms with Gasteiger partial charge in [-0.05, 0) is 19.8 Å². The highest BCUT2D eigenvalue weighted by molar-refractivity contribution is 7.83. The van der Waals surface area contributed by atoms with Crippen molar-refractivity contribution < 1.29 is 25.1 Å². The molecule has 4 saturated heterocycles. The van der Waals surface area contributed by atoms with Gasteiger partial charge in [0.25, 0.3) is 0 Å². The molecular formula is C12H12O6S2+2. The van der Waals surface area contributed by atoms with Crippen molar-refractivity contribution in [2.45, 2.75) is 54.4 Å². The zero-order valence-electron chi connectivity index (χ0n) is 10.6. The molecule has 11 unspecified atom stereocenters. The minimum atomic E-state index is -0.804. The molecule has 20 heavy (non-hydrogen) atoms. The van der Waals surface area contributed by atoms with Gasteiger partial charge >= 0.3 is 23.5 Å². The Morgan fingerprint density at radius 3 is 2.45 bits per heavy atom. The molecule has 0 amide bonds. The maximum atomic E-state index is 6.40. The maximum Gasteiger partial charge on any atom is 0.510 e. The van der Waals surface area contributed by atoms with Gasteiger partial charge in [-0.25, -0.2) is 0 Å². The highest BCUT2D eigenvalue weighted by atomic mass is 32.3. The van der Waals surface area contributed by atoms with Crippen LogP contribution in [-0.2, 0) is 48.6 Å². The van der Waals surface area contributed by atoms with Crippen LogP contribution in [-0.4, -0.2) is 34.6 Å². The summed E-state index contributed by atoms with van der Waals surface area (Å²) in [5, 5.41) is 0. The summed E-state index contributed by atoms with van der Waals surface area (Å²) in [6.45, 7) is 2.17. The molecule has 8 heteroatoms. The molecule has 3 spiro atoms. The Bertz CT molecular complexity index is 633. The van der Waals surface area contributed by atoms with Crippen molar-refractivity contribution >= 4 is 23.5 Å². The van der Waals surface area contributed by atoms with E-state index in [1.165, 1.54) is 0 Å². The van der Waals surface area contributed by atoms with Crippen molar-refractivity contribution in [2.24, 2.45) is 17.8 Å². The average Bonchev–Trinajstić information content (AvgIpc) is 3.13. The first-order valence-corrected chi connectivity index (χ1v) is 9.28. The topological polar surface area (TPSA) is 55.4 Å². The van der Waals surface area contributed by atoms with Crippen LogP contribution in [0.25, 0.3) is 0 Å². The summed E-state index contributed by atoms with van der Waals surface area (Å²) < 4.78 is 37.0. The summed E-state index contributed by atoms with van der Waals surface area (Å²) in [7, 11) is 0. The summed E-state index contributed by atoms with van der Waals surface area (Å²) >= 11 is -1.58. The van der Waals surface area contributed by atoms with Gasteiger partial charge in [-0.2, -0.15) is 0 Å². The van der Waals surface area contributed by atoms with Crippen LogP contribution in [0.3, 0.4) is 0 Å². The average molecular weight is 316 g/mol. The second-order valence-corrected chi connectivity index (χ2v) is 9.36. The van der Waals surface area contributed by atoms with Crippen molar-refractivity contribution in [1.29, 1.82) is 0 Å². The van der Waals surface area contributed by atoms with Gasteiger partial charge in [0, 0.05) is 17.8 Å². The van der Waals surface area contributed by atoms with E-state index in [9.17, 15) is 0 Å². The third-order valence-electron chi connectivity index (χ3n) is 7.54. The van der Waals surface area contributed by atoms with Crippen molar-refractivity contribution in [2.75, 3.05) is 0 Å². The van der Waals surface area contributed by atoms with Crippen molar-refractivity contribution in [3.63, 3.8) is 0 Å². The molecule has 5 aliphatic carbocycles. The number of hydrogen-bond acceptors (Lipinski definition) is 6. The summed E-state index contributed by atoms with van der Waals surface area (Å²) in [6.07, 6.45) is 2.41. The van der Waals surface area contributed by atoms with Gasteiger partial charge in [-0.1, -0.05) is 16.7 Å². The zero-order chi connectivity index (χ0) is 12.7. The second kappa shape index (κ2) is 2.32. The standard InChI is InChI=1S/C12H12O6S2/c1-9-6-2-5-8-4-3-7-10(8)12(5,18-20(14-7)16-10)11(4,9)17-19(13-6)15-9/h4-8H,2-3H2,1H3/q+2. The first-order valence-electron chi connectivity index (χ1n) is 7.28. The largest absolute Gasteiger partial charge is 0.510 e. The van der Waals surface area contributed by atoms with Gasteiger partial charge in [0.05, 0.1) is 0 Å². The smallest absolute Gasteiger partial charge is 0.102 e. The van der Waals surface area contributed by atoms with Crippen molar-refractivity contribution in [1.82, 2.24) is 0 Å². The molecule has 9 aliphatic rings. The van der Waals surface area contributed by atoms with Crippen LogP contribution in [0.15, 0.2) is 0 Å². The highest BCUT2D eigenvalue weighted by Gasteiger charge is 3.14. The molecule has 5 saturated carbocycles. The van der Waals surface area contributed by atoms with E-state index in [4.69, 9.17) is 25.1 Å². The highest BCUT2D eigenvalue weighted by Crippen LogP contribution is 2.91. The monoisotopic (exact) mass is 316 g/mol. The van der Waals surface area contributed by atoms with Crippen LogP contribution in [0.4, 0.5) is 0 Å². The third-order valence-corrected chi connectivity index (χ3v) is 10.0. The van der Waals surface area contributed by atoms with E-state index in [-0.39, 0.29) is 34.6 Å². The van der Waals surface area contributed by atoms with Crippen LogP contribution < -0.4 is 0 Å². The van der Waals surface area contributed by atoms with Crippen molar-refractivity contribution in [3.8, 4) is 0 Å². The Hall–Kier alpha value is 0.460. The normalized spacial score (nSPS) is 86.0. The Morgan fingerprint density at radius 1 is 0.850 bits per heavy atom. The second-order valence-electron chi connectivity index (χ2n) is 7.49. The number of rotatable bonds is 0. The quantitative estimate of drug-likeness (QED) is 0.598. The molecule has 9 rings (SSSR count). The Morgan fingerprint density at radius 2 is 1.55 bits per heavy atom. The first kappa shape index (κ1) is 10.3. The van der Waals surface area contributed by atoms with Crippen LogP contribution >= 0.6 is 0 Å². The van der Waals surface area contributed by atoms with E-state index in [1.54, 1.807) is 0 Å². The van der Waals surface area contributed by atoms with Gasteiger partial charge < -0.3 is 0 Å². The molecule has 0 radical (unpaired) electrons. The molecule has 4 heterocycles. The van der Waals surface area contributed by atoms with Gasteiger partial charge in [0.2, 0.25) is 16.8 Å². The summed E-state index contributed by atoms with van der Waals surface area (Å²) in [4.78, 5) is 0. The van der Waals surface area contributed by atoms with E-state index in [1.807, 2.05) is 0 Å². The molecule has 9 bridgehead atoms. The predicted molar refractivity (Wildman–Crippen MR) is 65.1 cm³/mol. The van der Waals surface area contributed by atoms with Gasteiger partial charge in [0.15, 0.2) is 17.8 Å². The molecule has 0 aromatic rings. The fraction of sp³-hybridized carbons (Fsp3) is 1.00. The molecule has 0 aromatic carbocycles. The van der Waals surface area contributed by atoms with E-state index in [0.717, 1.165) is 12.8 Å². The SMILES string of the molecule is CC12O[S+]3OC1CC1C4C5CC6O[S+]7OC64C1(O7)C52O3. The van der Waals surface area contributed by atoms with Crippen molar-refractivity contribution in [3.05, 3.63) is 0 Å². The number of hydrogen-bond donors (Lipinski definition) is 0. The lowest BCUT2D eigenvalue weighted by molar-refractivity contribution is -0.318. The fourth-order valence-electron chi connectivity index (χ4n) is 7.28. The van der Waals surface area contributed by atoms with E-state index >= 15 is 0 Å². The van der Waals surface area contributed by atoms with Crippen LogP contribution in [0.5, 0.6) is 0 Å². The molecular weight excluding hydrogens is 304 g/mol. The minimum Gasteiger partial charge on any atom is -0.102 e. The molecule has 6 nitrogen and oxygen atoms in total. The fourth-order valence-corrected chi connectivity index (χ4v) is 10.7. The van der Waals surface area contributed by atoms with E-state index in [2.05, 4.69) is 6.92 Å². The Labute approximate surface area is 121 Å². The van der Waals surface area contributed by atoms with Crippen LogP contribution in [0.1, 0.15) is 19.8 Å². The summed E-state index contributed by atoms with van der Waals surface area (Å²) in [5.41, 5.74) is -1.30. The summed E-state index contributed by atoms with van der Waals surface area (Å²) in [6, 6.07) is 0. The molecule has 0 aromatic heterocycles. The van der Waals surface area contributed by atoms with Crippen LogP contribution in [0, 0.1) is 17.8 Å². The zero-order valence-corrected chi connectivity index (χ0v) is 12.2. The Balaban J connectivity index is 1.53. The van der Waals surface area contributed by atoms with Gasteiger partial charge in [0.1, 0.15) is 0 Å². The van der Waals surface area contributed by atoms with E-state index in [0.29, 0.717) is 17.8 Å². The lowest BCUT2D eigenvalue weighted by Gasteiger charge is -2.60. The lowest BCUT2D eigenvalue weighted by atomic mass is 9.46. The van der Waals surface area contributed by atoms with Crippen LogP contribution in [0.2, 0.25) is 0 Å². The minimum absolute atomic E-state index is 0.156. The lowest BCUT2D eigenvalue weighted by Crippen LogP contribution is -2.86. The molecule has 106 valence electrons. The predicted octanol–water partition coefficient (Wildman–Crippen LogP) is 0.262.